The van der Waals surface area contributed by atoms with Gasteiger partial charge in [-0.15, -0.1) is 0 Å². The van der Waals surface area contributed by atoms with Crippen LogP contribution in [0.4, 0.5) is 5.69 Å². The van der Waals surface area contributed by atoms with Crippen LogP contribution >= 0.6 is 11.6 Å². The number of aryl methyl sites for hydroxylation is 1. The summed E-state index contributed by atoms with van der Waals surface area (Å²) in [6, 6.07) is 11.0. The van der Waals surface area contributed by atoms with Crippen LogP contribution in [-0.2, 0) is 11.2 Å². The summed E-state index contributed by atoms with van der Waals surface area (Å²) in [5.41, 5.74) is 2.51. The standard InChI is InChI=1S/C19H22ClNO3/c1-4-9-24-17-8-6-14(10-18(17)23-3)11-19(22)21-15-7-5-13(2)16(20)12-15/h5-8,10,12H,4,9,11H2,1-3H3,(H,21,22). The van der Waals surface area contributed by atoms with E-state index in [1.54, 1.807) is 13.2 Å². The molecule has 1 amide bonds. The van der Waals surface area contributed by atoms with E-state index in [0.29, 0.717) is 28.8 Å². The molecule has 24 heavy (non-hydrogen) atoms. The van der Waals surface area contributed by atoms with Gasteiger partial charge < -0.3 is 14.8 Å². The van der Waals surface area contributed by atoms with Crippen LogP contribution < -0.4 is 14.8 Å². The van der Waals surface area contributed by atoms with E-state index in [2.05, 4.69) is 5.32 Å². The van der Waals surface area contributed by atoms with Gasteiger partial charge in [0.05, 0.1) is 20.1 Å². The minimum Gasteiger partial charge on any atom is -0.493 e. The molecule has 0 aromatic heterocycles. The molecule has 0 aliphatic carbocycles. The molecule has 0 aliphatic heterocycles. The van der Waals surface area contributed by atoms with Gasteiger partial charge in [-0.3, -0.25) is 4.79 Å². The maximum atomic E-state index is 12.2. The Morgan fingerprint density at radius 3 is 2.62 bits per heavy atom. The van der Waals surface area contributed by atoms with Gasteiger partial charge in [0.15, 0.2) is 11.5 Å². The Morgan fingerprint density at radius 1 is 1.17 bits per heavy atom. The number of carbonyl (C=O) groups is 1. The topological polar surface area (TPSA) is 47.6 Å². The van der Waals surface area contributed by atoms with Crippen LogP contribution in [0.5, 0.6) is 11.5 Å². The summed E-state index contributed by atoms with van der Waals surface area (Å²) in [6.45, 7) is 4.59. The van der Waals surface area contributed by atoms with E-state index in [4.69, 9.17) is 21.1 Å². The Bertz CT molecular complexity index is 716. The SMILES string of the molecule is CCCOc1ccc(CC(=O)Nc2ccc(C)c(Cl)c2)cc1OC. The second-order valence-corrected chi connectivity index (χ2v) is 5.93. The predicted molar refractivity (Wildman–Crippen MR) is 97.3 cm³/mol. The van der Waals surface area contributed by atoms with E-state index in [1.165, 1.54) is 0 Å². The maximum absolute atomic E-state index is 12.2. The van der Waals surface area contributed by atoms with E-state index in [0.717, 1.165) is 17.5 Å². The zero-order chi connectivity index (χ0) is 17.5. The highest BCUT2D eigenvalue weighted by Crippen LogP contribution is 2.28. The molecule has 4 nitrogen and oxygen atoms in total. The summed E-state index contributed by atoms with van der Waals surface area (Å²) in [5.74, 6) is 1.21. The van der Waals surface area contributed by atoms with Crippen LogP contribution in [0.15, 0.2) is 36.4 Å². The highest BCUT2D eigenvalue weighted by Gasteiger charge is 2.10. The van der Waals surface area contributed by atoms with Gasteiger partial charge in [-0.1, -0.05) is 30.7 Å². The summed E-state index contributed by atoms with van der Waals surface area (Å²) in [7, 11) is 1.59. The monoisotopic (exact) mass is 347 g/mol. The average Bonchev–Trinajstić information content (AvgIpc) is 2.56. The van der Waals surface area contributed by atoms with Crippen molar-refractivity contribution in [3.63, 3.8) is 0 Å². The second kappa shape index (κ2) is 8.60. The number of halogens is 1. The lowest BCUT2D eigenvalue weighted by Gasteiger charge is -2.12. The molecule has 0 saturated heterocycles. The number of nitrogens with one attached hydrogen (secondary N) is 1. The maximum Gasteiger partial charge on any atom is 0.228 e. The first-order valence-corrected chi connectivity index (χ1v) is 8.27. The molecular weight excluding hydrogens is 326 g/mol. The van der Waals surface area contributed by atoms with Crippen LogP contribution in [0.3, 0.4) is 0 Å². The zero-order valence-electron chi connectivity index (χ0n) is 14.2. The first-order chi connectivity index (χ1) is 11.5. The van der Waals surface area contributed by atoms with Crippen molar-refractivity contribution in [2.24, 2.45) is 0 Å². The lowest BCUT2D eigenvalue weighted by atomic mass is 10.1. The number of ether oxygens (including phenoxy) is 2. The van der Waals surface area contributed by atoms with Crippen molar-refractivity contribution in [3.8, 4) is 11.5 Å². The van der Waals surface area contributed by atoms with Gasteiger partial charge in [-0.2, -0.15) is 0 Å². The molecule has 2 rings (SSSR count). The van der Waals surface area contributed by atoms with Gasteiger partial charge in [0, 0.05) is 10.7 Å². The van der Waals surface area contributed by atoms with E-state index < -0.39 is 0 Å². The first kappa shape index (κ1) is 18.1. The zero-order valence-corrected chi connectivity index (χ0v) is 14.9. The molecule has 1 N–H and O–H groups in total. The number of rotatable bonds is 7. The molecule has 5 heteroatoms. The molecule has 0 bridgehead atoms. The number of carbonyl (C=O) groups excluding carboxylic acids is 1. The van der Waals surface area contributed by atoms with Crippen molar-refractivity contribution < 1.29 is 14.3 Å². The molecule has 0 spiro atoms. The van der Waals surface area contributed by atoms with Crippen molar-refractivity contribution in [1.82, 2.24) is 0 Å². The molecule has 0 heterocycles. The molecule has 0 saturated carbocycles. The quantitative estimate of drug-likeness (QED) is 0.794. The molecule has 0 aliphatic rings. The van der Waals surface area contributed by atoms with Crippen LogP contribution in [0, 0.1) is 6.92 Å². The average molecular weight is 348 g/mol. The van der Waals surface area contributed by atoms with E-state index in [9.17, 15) is 4.79 Å². The molecule has 0 unspecified atom stereocenters. The van der Waals surface area contributed by atoms with Crippen molar-refractivity contribution in [2.45, 2.75) is 26.7 Å². The summed E-state index contributed by atoms with van der Waals surface area (Å²) in [6.07, 6.45) is 1.17. The van der Waals surface area contributed by atoms with E-state index in [-0.39, 0.29) is 12.3 Å². The van der Waals surface area contributed by atoms with E-state index >= 15 is 0 Å². The smallest absolute Gasteiger partial charge is 0.228 e. The van der Waals surface area contributed by atoms with Crippen LogP contribution in [0.1, 0.15) is 24.5 Å². The number of benzene rings is 2. The third kappa shape index (κ3) is 4.90. The fourth-order valence-electron chi connectivity index (χ4n) is 2.21. The van der Waals surface area contributed by atoms with Crippen LogP contribution in [-0.4, -0.2) is 19.6 Å². The van der Waals surface area contributed by atoms with Crippen molar-refractivity contribution in [1.29, 1.82) is 0 Å². The lowest BCUT2D eigenvalue weighted by molar-refractivity contribution is -0.115. The Morgan fingerprint density at radius 2 is 1.96 bits per heavy atom. The molecule has 2 aromatic rings. The minimum absolute atomic E-state index is 0.112. The van der Waals surface area contributed by atoms with Gasteiger partial charge >= 0.3 is 0 Å². The van der Waals surface area contributed by atoms with Crippen molar-refractivity contribution >= 4 is 23.2 Å². The van der Waals surface area contributed by atoms with Gasteiger partial charge in [0.25, 0.3) is 0 Å². The normalized spacial score (nSPS) is 10.3. The number of hydrogen-bond acceptors (Lipinski definition) is 3. The highest BCUT2D eigenvalue weighted by molar-refractivity contribution is 6.31. The molecular formula is C19H22ClNO3. The molecule has 2 aromatic carbocycles. The summed E-state index contributed by atoms with van der Waals surface area (Å²) in [4.78, 5) is 12.2. The van der Waals surface area contributed by atoms with Crippen LogP contribution in [0.25, 0.3) is 0 Å². The predicted octanol–water partition coefficient (Wildman–Crippen LogP) is 4.63. The molecule has 0 fully saturated rings. The third-order valence-corrected chi connectivity index (χ3v) is 3.92. The Labute approximate surface area is 147 Å². The lowest BCUT2D eigenvalue weighted by Crippen LogP contribution is -2.14. The first-order valence-electron chi connectivity index (χ1n) is 7.89. The highest BCUT2D eigenvalue weighted by atomic mass is 35.5. The Kier molecular flexibility index (Phi) is 6.50. The van der Waals surface area contributed by atoms with Gasteiger partial charge in [-0.25, -0.2) is 0 Å². The fraction of sp³-hybridized carbons (Fsp3) is 0.316. The molecule has 128 valence electrons. The number of hydrogen-bond donors (Lipinski definition) is 1. The summed E-state index contributed by atoms with van der Waals surface area (Å²) < 4.78 is 11.0. The number of methoxy groups -OCH3 is 1. The van der Waals surface area contributed by atoms with Crippen LogP contribution in [0.2, 0.25) is 5.02 Å². The second-order valence-electron chi connectivity index (χ2n) is 5.52. The molecule has 0 radical (unpaired) electrons. The Balaban J connectivity index is 2.04. The summed E-state index contributed by atoms with van der Waals surface area (Å²) >= 11 is 6.07. The Hall–Kier alpha value is -2.20. The van der Waals surface area contributed by atoms with Crippen molar-refractivity contribution in [3.05, 3.63) is 52.5 Å². The fourth-order valence-corrected chi connectivity index (χ4v) is 2.39. The summed E-state index contributed by atoms with van der Waals surface area (Å²) in [5, 5.41) is 3.48. The van der Waals surface area contributed by atoms with Gasteiger partial charge in [0.1, 0.15) is 0 Å². The largest absolute Gasteiger partial charge is 0.493 e. The minimum atomic E-state index is -0.112. The van der Waals surface area contributed by atoms with Gasteiger partial charge in [0.2, 0.25) is 5.91 Å². The van der Waals surface area contributed by atoms with E-state index in [1.807, 2.05) is 44.2 Å². The van der Waals surface area contributed by atoms with Crippen molar-refractivity contribution in [2.75, 3.05) is 19.0 Å². The third-order valence-electron chi connectivity index (χ3n) is 3.51. The number of anilines is 1. The number of amides is 1. The molecule has 0 atom stereocenters. The van der Waals surface area contributed by atoms with Gasteiger partial charge in [-0.05, 0) is 48.7 Å².